The molecular weight excluding hydrogens is 1410 g/mol. The van der Waals surface area contributed by atoms with Gasteiger partial charge in [0.25, 0.3) is 0 Å². The molecular formula is C106H64N2OS3. The van der Waals surface area contributed by atoms with E-state index in [2.05, 4.69) is 308 Å². The molecule has 0 saturated heterocycles. The molecule has 20 aromatic carbocycles. The first-order valence-electron chi connectivity index (χ1n) is 40.2. The summed E-state index contributed by atoms with van der Waals surface area (Å²) in [5.41, 5.74) is 13.4. The van der Waals surface area contributed by atoms with Crippen LogP contribution in [0, 0.1) is 0 Å². The van der Waals surface area contributed by atoms with Gasteiger partial charge in [-0.05, 0) is 202 Å². The van der Waals surface area contributed by atoms with E-state index in [1.54, 1.807) is 0 Å². The number of para-hydroxylation sites is 1. The summed E-state index contributed by atoms with van der Waals surface area (Å²) in [6.07, 6.45) is 0. The number of rotatable bonds is 9. The zero-order valence-corrected chi connectivity index (χ0v) is 62.5. The minimum Gasteiger partial charge on any atom is -0.455 e. The Hall–Kier alpha value is -13.7. The lowest BCUT2D eigenvalue weighted by atomic mass is 9.95. The van der Waals surface area contributed by atoms with E-state index in [4.69, 9.17) is 8.53 Å². The second-order valence-corrected chi connectivity index (χ2v) is 32.2. The maximum atomic E-state index is 9.22. The first-order valence-corrected chi connectivity index (χ1v) is 40.2. The highest BCUT2D eigenvalue weighted by atomic mass is 32.1. The van der Waals surface area contributed by atoms with E-state index in [9.17, 15) is 2.74 Å². The molecule has 0 aliphatic carbocycles. The summed E-state index contributed by atoms with van der Waals surface area (Å²) in [7, 11) is 0. The van der Waals surface area contributed by atoms with Crippen LogP contribution in [0.15, 0.2) is 393 Å². The first kappa shape index (κ1) is 59.3. The van der Waals surface area contributed by atoms with E-state index >= 15 is 0 Å². The van der Waals surface area contributed by atoms with Gasteiger partial charge in [0.05, 0.1) is 18.2 Å². The van der Waals surface area contributed by atoms with Gasteiger partial charge in [0.15, 0.2) is 0 Å². The molecule has 0 fully saturated rings. The van der Waals surface area contributed by atoms with E-state index in [1.165, 1.54) is 126 Å². The highest BCUT2D eigenvalue weighted by molar-refractivity contribution is 7.27. The van der Waals surface area contributed by atoms with Crippen molar-refractivity contribution in [1.29, 1.82) is 0 Å². The molecule has 0 spiro atoms. The summed E-state index contributed by atoms with van der Waals surface area (Å²) in [4.78, 5) is 4.28. The highest BCUT2D eigenvalue weighted by Gasteiger charge is 2.25. The quantitative estimate of drug-likeness (QED) is 0.144. The van der Waals surface area contributed by atoms with Crippen LogP contribution in [0.2, 0.25) is 0 Å². The molecule has 0 unspecified atom stereocenters. The van der Waals surface area contributed by atoms with Crippen LogP contribution in [0.3, 0.4) is 0 Å². The van der Waals surface area contributed by atoms with Gasteiger partial charge in [0.2, 0.25) is 0 Å². The molecule has 3 nitrogen and oxygen atoms in total. The van der Waals surface area contributed by atoms with Crippen molar-refractivity contribution in [3.8, 4) is 33.4 Å². The van der Waals surface area contributed by atoms with Crippen molar-refractivity contribution >= 4 is 226 Å². The number of hydrogen-bond acceptors (Lipinski definition) is 6. The second-order valence-electron chi connectivity index (χ2n) is 29.0. The van der Waals surface area contributed by atoms with Crippen molar-refractivity contribution in [2.45, 2.75) is 0 Å². The van der Waals surface area contributed by atoms with Crippen LogP contribution in [0.5, 0.6) is 0 Å². The highest BCUT2D eigenvalue weighted by Crippen LogP contribution is 2.51. The Bertz CT molecular complexity index is 8280. The fourth-order valence-electron chi connectivity index (χ4n) is 17.5. The molecule has 24 aromatic rings. The standard InChI is InChI=1S/C54H33NS2.C52H31NOS/c1-2-10-34(11-3-1)35-18-23-39(24-19-35)55(40-25-31-51-48(33-40)53-42-14-6-4-12-36(42)21-30-52(53)56-51)49-28-27-41(44-16-8-9-17-45(44)49)38-22-29-50-47(32-38)46-26-20-37-13-5-7-15-43(37)54(46)57-50;1-2-12-38(13-3-1)53(47-31-45-44-25-21-33-11-5-7-15-41(33)51(44)54-52(45)43-17-9-8-16-42(43)47)39-24-20-35-28-34(18-19-36(35)29-39)37-23-26-48-46(30-37)50-40-14-6-4-10-32(40)22-27-49(50)55-48/h1-33H;1-31H/i;1D,2D,3D,12D,13D. The average molecular weight is 1480 g/mol. The molecule has 6 heteroatoms. The molecule has 0 aliphatic heterocycles. The van der Waals surface area contributed by atoms with Gasteiger partial charge in [0.1, 0.15) is 11.2 Å². The fourth-order valence-corrected chi connectivity index (χ4v) is 20.9. The Labute approximate surface area is 663 Å². The van der Waals surface area contributed by atoms with Gasteiger partial charge in [0, 0.05) is 116 Å². The molecule has 24 rings (SSSR count). The van der Waals surface area contributed by atoms with Crippen LogP contribution in [-0.2, 0) is 0 Å². The molecule has 0 atom stereocenters. The Balaban J connectivity index is 0.000000138. The molecule has 0 bridgehead atoms. The van der Waals surface area contributed by atoms with Crippen LogP contribution >= 0.6 is 34.0 Å². The van der Waals surface area contributed by atoms with Crippen LogP contribution in [-0.4, -0.2) is 0 Å². The molecule has 0 radical (unpaired) electrons. The summed E-state index contributed by atoms with van der Waals surface area (Å²) < 4.78 is 58.9. The van der Waals surface area contributed by atoms with Crippen molar-refractivity contribution < 1.29 is 11.3 Å². The third-order valence-corrected chi connectivity index (χ3v) is 26.2. The Morgan fingerprint density at radius 2 is 0.670 bits per heavy atom. The number of nitrogens with zero attached hydrogens (tertiary/aromatic N) is 2. The Kier molecular flexibility index (Phi) is 13.7. The van der Waals surface area contributed by atoms with E-state index in [1.807, 2.05) is 93.5 Å². The van der Waals surface area contributed by atoms with Crippen LogP contribution < -0.4 is 9.80 Å². The number of anilines is 6. The zero-order chi connectivity index (χ0) is 77.8. The van der Waals surface area contributed by atoms with Crippen LogP contribution in [0.1, 0.15) is 6.85 Å². The summed E-state index contributed by atoms with van der Waals surface area (Å²) in [5, 5.41) is 25.5. The third kappa shape index (κ3) is 10.5. The lowest BCUT2D eigenvalue weighted by Gasteiger charge is -2.28. The molecule has 0 aliphatic rings. The number of hydrogen-bond donors (Lipinski definition) is 0. The van der Waals surface area contributed by atoms with Crippen molar-refractivity contribution in [2.24, 2.45) is 0 Å². The maximum Gasteiger partial charge on any atom is 0.143 e. The molecule has 522 valence electrons. The van der Waals surface area contributed by atoms with Gasteiger partial charge in [-0.15, -0.1) is 34.0 Å². The number of benzene rings is 20. The second kappa shape index (κ2) is 26.0. The van der Waals surface area contributed by atoms with Crippen molar-refractivity contribution in [3.63, 3.8) is 0 Å². The number of furan rings is 1. The first-order chi connectivity index (χ1) is 57.6. The lowest BCUT2D eigenvalue weighted by molar-refractivity contribution is 0.676. The van der Waals surface area contributed by atoms with Crippen LogP contribution in [0.4, 0.5) is 34.1 Å². The summed E-state index contributed by atoms with van der Waals surface area (Å²) in [5.74, 6) is 0. The molecule has 4 aromatic heterocycles. The number of fused-ring (bicyclic) bond motifs is 24. The monoisotopic (exact) mass is 1480 g/mol. The molecule has 4 heterocycles. The third-order valence-electron chi connectivity index (χ3n) is 22.7. The maximum absolute atomic E-state index is 9.22. The summed E-state index contributed by atoms with van der Waals surface area (Å²) in [6.45, 7) is 0. The SMILES string of the molecule is [2H]c1c([2H])c([2H])c(N(c2ccc3cc(-c4ccc5sc6ccc7ccccc7c6c5c4)ccc3c2)c2cc3c4ccc5ccccc5c4oc3c3ccccc23)c([2H])c1[2H].c1ccc(-c2ccc(N(c3ccc4sc5ccc6ccccc6c5c4c3)c3ccc(-c4ccc5sc6c7ccccc7ccc6c5c4)c4ccccc34)cc2)cc1. The number of thiophene rings is 3. The lowest BCUT2D eigenvalue weighted by Crippen LogP contribution is -2.10. The van der Waals surface area contributed by atoms with Gasteiger partial charge >= 0.3 is 0 Å². The zero-order valence-electron chi connectivity index (χ0n) is 65.1. The van der Waals surface area contributed by atoms with Crippen molar-refractivity contribution in [3.05, 3.63) is 388 Å². The summed E-state index contributed by atoms with van der Waals surface area (Å²) >= 11 is 5.59. The normalized spacial score (nSPS) is 12.6. The molecule has 0 N–H and O–H groups in total. The minimum atomic E-state index is -0.436. The van der Waals surface area contributed by atoms with Crippen LogP contribution in [0.25, 0.3) is 191 Å². The largest absolute Gasteiger partial charge is 0.455 e. The predicted octanol–water partition coefficient (Wildman–Crippen LogP) is 32.4. The molecule has 0 saturated carbocycles. The topological polar surface area (TPSA) is 19.6 Å². The summed E-state index contributed by atoms with van der Waals surface area (Å²) in [6, 6.07) is 127. The van der Waals surface area contributed by atoms with Crippen molar-refractivity contribution in [2.75, 3.05) is 9.80 Å². The fraction of sp³-hybridized carbons (Fsp3) is 0. The van der Waals surface area contributed by atoms with Gasteiger partial charge in [-0.25, -0.2) is 0 Å². The average Bonchev–Trinajstić information content (AvgIpc) is 1.63. The minimum absolute atomic E-state index is 0.0727. The molecule has 112 heavy (non-hydrogen) atoms. The van der Waals surface area contributed by atoms with E-state index in [-0.39, 0.29) is 17.8 Å². The van der Waals surface area contributed by atoms with Crippen molar-refractivity contribution in [1.82, 2.24) is 0 Å². The Morgan fingerprint density at radius 1 is 0.223 bits per heavy atom. The van der Waals surface area contributed by atoms with E-state index in [0.29, 0.717) is 11.4 Å². The smallest absolute Gasteiger partial charge is 0.143 e. The van der Waals surface area contributed by atoms with Gasteiger partial charge in [-0.3, -0.25) is 0 Å². The molecule has 0 amide bonds. The van der Waals surface area contributed by atoms with Gasteiger partial charge in [-0.1, -0.05) is 273 Å². The van der Waals surface area contributed by atoms with Gasteiger partial charge < -0.3 is 14.2 Å². The van der Waals surface area contributed by atoms with E-state index in [0.717, 1.165) is 82.4 Å². The van der Waals surface area contributed by atoms with E-state index < -0.39 is 18.1 Å². The van der Waals surface area contributed by atoms with Gasteiger partial charge in [-0.2, -0.15) is 0 Å². The Morgan fingerprint density at radius 3 is 1.39 bits per heavy atom. The predicted molar refractivity (Wildman–Crippen MR) is 487 cm³/mol.